The van der Waals surface area contributed by atoms with E-state index in [9.17, 15) is 15.1 Å². The Labute approximate surface area is 127 Å². The van der Waals surface area contributed by atoms with Gasteiger partial charge in [0.25, 0.3) is 5.91 Å². The van der Waals surface area contributed by atoms with Crippen molar-refractivity contribution in [2.75, 3.05) is 0 Å². The van der Waals surface area contributed by atoms with E-state index >= 15 is 0 Å². The number of amides is 1. The van der Waals surface area contributed by atoms with Crippen LogP contribution in [0.1, 0.15) is 72.6 Å². The van der Waals surface area contributed by atoms with Gasteiger partial charge in [-0.05, 0) is 53.4 Å². The normalized spacial score (nSPS) is 29.0. The van der Waals surface area contributed by atoms with E-state index in [1.165, 1.54) is 0 Å². The van der Waals surface area contributed by atoms with Crippen LogP contribution in [0.25, 0.3) is 0 Å². The lowest BCUT2D eigenvalue weighted by atomic mass is 9.78. The number of nitrogens with one attached hydrogen (secondary N) is 1. The van der Waals surface area contributed by atoms with E-state index in [0.717, 1.165) is 24.3 Å². The Morgan fingerprint density at radius 3 is 2.00 bits per heavy atom. The Balaban J connectivity index is 2.04. The second-order valence-electron chi connectivity index (χ2n) is 8.09. The summed E-state index contributed by atoms with van der Waals surface area (Å²) in [5, 5.41) is 27.0. The number of nitrogens with zero attached hydrogens (tertiary/aromatic N) is 1. The fourth-order valence-electron chi connectivity index (χ4n) is 4.05. The molecule has 1 saturated heterocycles. The van der Waals surface area contributed by atoms with Crippen molar-refractivity contribution >= 4 is 5.91 Å². The fourth-order valence-corrected chi connectivity index (χ4v) is 4.05. The highest BCUT2D eigenvalue weighted by Crippen LogP contribution is 2.37. The van der Waals surface area contributed by atoms with Crippen molar-refractivity contribution < 1.29 is 15.1 Å². The van der Waals surface area contributed by atoms with Gasteiger partial charge in [-0.25, -0.2) is 0 Å². The molecule has 5 nitrogen and oxygen atoms in total. The van der Waals surface area contributed by atoms with Crippen LogP contribution < -0.4 is 5.32 Å². The van der Waals surface area contributed by atoms with E-state index in [0.29, 0.717) is 25.7 Å². The average molecular weight is 297 g/mol. The number of rotatable bonds is 2. The topological polar surface area (TPSA) is 72.5 Å². The minimum Gasteiger partial charge on any atom is -0.380 e. The molecule has 1 heterocycles. The van der Waals surface area contributed by atoms with Crippen LogP contribution in [0.15, 0.2) is 0 Å². The molecule has 1 aliphatic heterocycles. The molecule has 1 amide bonds. The monoisotopic (exact) mass is 297 g/mol. The van der Waals surface area contributed by atoms with Gasteiger partial charge in [0.05, 0.1) is 0 Å². The van der Waals surface area contributed by atoms with E-state index in [-0.39, 0.29) is 11.9 Å². The van der Waals surface area contributed by atoms with Crippen LogP contribution in [0.3, 0.4) is 0 Å². The smallest absolute Gasteiger partial charge is 0.252 e. The minimum absolute atomic E-state index is 0.0568. The summed E-state index contributed by atoms with van der Waals surface area (Å²) in [7, 11) is 0. The molecule has 2 rings (SSSR count). The molecular weight excluding hydrogens is 268 g/mol. The molecule has 5 heteroatoms. The lowest BCUT2D eigenvalue weighted by Gasteiger charge is -2.50. The van der Waals surface area contributed by atoms with Crippen molar-refractivity contribution in [1.29, 1.82) is 0 Å². The highest BCUT2D eigenvalue weighted by Gasteiger charge is 2.47. The average Bonchev–Trinajstić information content (AvgIpc) is 2.36. The molecule has 1 radical (unpaired) electrons. The largest absolute Gasteiger partial charge is 0.380 e. The van der Waals surface area contributed by atoms with Gasteiger partial charge in [-0.2, -0.15) is 0 Å². The molecular formula is C16H29N2O3. The second-order valence-corrected chi connectivity index (χ2v) is 8.09. The minimum atomic E-state index is -1.21. The van der Waals surface area contributed by atoms with E-state index in [1.807, 2.05) is 27.7 Å². The molecule has 0 spiro atoms. The maximum Gasteiger partial charge on any atom is 0.252 e. The zero-order valence-electron chi connectivity index (χ0n) is 13.7. The quantitative estimate of drug-likeness (QED) is 0.820. The van der Waals surface area contributed by atoms with Gasteiger partial charge in [-0.1, -0.05) is 19.3 Å². The van der Waals surface area contributed by atoms with Crippen LogP contribution in [-0.4, -0.2) is 38.8 Å². The molecule has 0 aromatic heterocycles. The number of carbonyl (C=O) groups excluding carboxylic acids is 1. The Morgan fingerprint density at radius 2 is 1.52 bits per heavy atom. The summed E-state index contributed by atoms with van der Waals surface area (Å²) >= 11 is 0. The number of piperidine rings is 1. The van der Waals surface area contributed by atoms with Crippen molar-refractivity contribution in [3.8, 4) is 0 Å². The van der Waals surface area contributed by atoms with E-state index in [2.05, 4.69) is 5.32 Å². The summed E-state index contributed by atoms with van der Waals surface area (Å²) in [6.45, 7) is 7.65. The van der Waals surface area contributed by atoms with Crippen molar-refractivity contribution in [3.05, 3.63) is 0 Å². The van der Waals surface area contributed by atoms with Gasteiger partial charge in [0.1, 0.15) is 5.60 Å². The maximum atomic E-state index is 12.4. The molecule has 2 aliphatic rings. The van der Waals surface area contributed by atoms with Crippen LogP contribution in [0, 0.1) is 0 Å². The molecule has 0 aromatic rings. The van der Waals surface area contributed by atoms with Crippen molar-refractivity contribution in [1.82, 2.24) is 10.4 Å². The van der Waals surface area contributed by atoms with Gasteiger partial charge >= 0.3 is 0 Å². The fraction of sp³-hybridized carbons (Fsp3) is 0.938. The summed E-state index contributed by atoms with van der Waals surface area (Å²) in [6, 6.07) is -0.0568. The lowest BCUT2D eigenvalue weighted by molar-refractivity contribution is -0.290. The Morgan fingerprint density at radius 1 is 1.05 bits per heavy atom. The zero-order valence-corrected chi connectivity index (χ0v) is 13.7. The molecule has 121 valence electrons. The summed E-state index contributed by atoms with van der Waals surface area (Å²) in [4.78, 5) is 12.4. The first-order valence-electron chi connectivity index (χ1n) is 8.08. The molecule has 0 unspecified atom stereocenters. The Kier molecular flexibility index (Phi) is 4.40. The zero-order chi connectivity index (χ0) is 15.9. The molecule has 1 aliphatic carbocycles. The van der Waals surface area contributed by atoms with Gasteiger partial charge in [-0.15, -0.1) is 10.3 Å². The summed E-state index contributed by atoms with van der Waals surface area (Å²) in [6.07, 6.45) is 5.21. The summed E-state index contributed by atoms with van der Waals surface area (Å²) in [5.74, 6) is -0.252. The third-order valence-electron chi connectivity index (χ3n) is 5.03. The standard InChI is InChI=1S/C16H29N2O3/c1-14(2)10-12(11-15(3,4)18(14)21)17-13(19)16(20)8-6-5-7-9-16/h12,20H,5-11H2,1-4H3,(H,17,19). The number of hydrogen-bond acceptors (Lipinski definition) is 3. The van der Waals surface area contributed by atoms with Gasteiger partial charge in [-0.3, -0.25) is 4.79 Å². The van der Waals surface area contributed by atoms with Crippen LogP contribution >= 0.6 is 0 Å². The molecule has 2 fully saturated rings. The Bertz CT molecular complexity index is 382. The molecule has 0 aromatic carbocycles. The number of carbonyl (C=O) groups is 1. The van der Waals surface area contributed by atoms with E-state index in [1.54, 1.807) is 0 Å². The third kappa shape index (κ3) is 3.41. The second kappa shape index (κ2) is 5.52. The first-order valence-corrected chi connectivity index (χ1v) is 8.08. The van der Waals surface area contributed by atoms with E-state index in [4.69, 9.17) is 0 Å². The first kappa shape index (κ1) is 16.7. The number of aliphatic hydroxyl groups is 1. The van der Waals surface area contributed by atoms with Gasteiger partial charge in [0.15, 0.2) is 0 Å². The van der Waals surface area contributed by atoms with Crippen molar-refractivity contribution in [2.45, 2.75) is 95.4 Å². The molecule has 0 atom stereocenters. The third-order valence-corrected chi connectivity index (χ3v) is 5.03. The molecule has 1 saturated carbocycles. The van der Waals surface area contributed by atoms with Gasteiger partial charge in [0, 0.05) is 17.1 Å². The Hall–Kier alpha value is -0.650. The lowest BCUT2D eigenvalue weighted by Crippen LogP contribution is -2.63. The van der Waals surface area contributed by atoms with Crippen molar-refractivity contribution in [3.63, 3.8) is 0 Å². The summed E-state index contributed by atoms with van der Waals surface area (Å²) in [5.41, 5.74) is -2.22. The van der Waals surface area contributed by atoms with Crippen molar-refractivity contribution in [2.24, 2.45) is 0 Å². The van der Waals surface area contributed by atoms with Gasteiger partial charge in [0.2, 0.25) is 0 Å². The highest BCUT2D eigenvalue weighted by molar-refractivity contribution is 5.85. The highest BCUT2D eigenvalue weighted by atomic mass is 16.5. The SMILES string of the molecule is CC1(C)CC(NC(=O)C2(O)CCCCC2)CC(C)(C)N1[O]. The maximum absolute atomic E-state index is 12.4. The van der Waals surface area contributed by atoms with Gasteiger partial charge < -0.3 is 10.4 Å². The van der Waals surface area contributed by atoms with Crippen LogP contribution in [-0.2, 0) is 10.0 Å². The molecule has 21 heavy (non-hydrogen) atoms. The first-order chi connectivity index (χ1) is 9.57. The number of hydrogen-bond donors (Lipinski definition) is 2. The molecule has 2 N–H and O–H groups in total. The summed E-state index contributed by atoms with van der Waals surface area (Å²) < 4.78 is 0. The van der Waals surface area contributed by atoms with Crippen LogP contribution in [0.5, 0.6) is 0 Å². The van der Waals surface area contributed by atoms with E-state index < -0.39 is 16.7 Å². The predicted octanol–water partition coefficient (Wildman–Crippen LogP) is 2.16. The number of hydroxylamine groups is 2. The molecule has 0 bridgehead atoms. The predicted molar refractivity (Wildman–Crippen MR) is 79.9 cm³/mol. The van der Waals surface area contributed by atoms with Crippen LogP contribution in [0.4, 0.5) is 0 Å². The van der Waals surface area contributed by atoms with Crippen LogP contribution in [0.2, 0.25) is 0 Å².